The highest BCUT2D eigenvalue weighted by Crippen LogP contribution is 2.25. The maximum Gasteiger partial charge on any atom is 0.404 e. The molecule has 0 aromatic carbocycles. The van der Waals surface area contributed by atoms with Gasteiger partial charge in [0.05, 0.1) is 0 Å². The summed E-state index contributed by atoms with van der Waals surface area (Å²) in [5.41, 5.74) is 0. The number of rotatable bonds is 3. The Labute approximate surface area is 95.5 Å². The SMILES string of the molecule is CS(=O)(=O)/C=C/[C@H]1CC[C@H](NC(=O)O)CC1. The van der Waals surface area contributed by atoms with Gasteiger partial charge in [-0.1, -0.05) is 6.08 Å². The largest absolute Gasteiger partial charge is 0.465 e. The Kier molecular flexibility index (Phi) is 4.35. The van der Waals surface area contributed by atoms with Gasteiger partial charge >= 0.3 is 6.09 Å². The molecule has 0 unspecified atom stereocenters. The fraction of sp³-hybridized carbons (Fsp3) is 0.700. The third-order valence-electron chi connectivity index (χ3n) is 2.70. The van der Waals surface area contributed by atoms with E-state index in [1.54, 1.807) is 6.08 Å². The summed E-state index contributed by atoms with van der Waals surface area (Å²) in [6.45, 7) is 0. The lowest BCUT2D eigenvalue weighted by molar-refractivity contribution is 0.184. The Bertz CT molecular complexity index is 366. The summed E-state index contributed by atoms with van der Waals surface area (Å²) in [6, 6.07) is 0.0142. The summed E-state index contributed by atoms with van der Waals surface area (Å²) < 4.78 is 21.8. The van der Waals surface area contributed by atoms with Crippen LogP contribution in [0.3, 0.4) is 0 Å². The number of carboxylic acid groups (broad SMARTS) is 1. The lowest BCUT2D eigenvalue weighted by atomic mass is 9.86. The first-order valence-electron chi connectivity index (χ1n) is 5.24. The van der Waals surface area contributed by atoms with Crippen molar-refractivity contribution < 1.29 is 18.3 Å². The second-order valence-electron chi connectivity index (χ2n) is 4.22. The molecule has 0 atom stereocenters. The van der Waals surface area contributed by atoms with E-state index < -0.39 is 15.9 Å². The van der Waals surface area contributed by atoms with E-state index in [4.69, 9.17) is 5.11 Å². The monoisotopic (exact) mass is 247 g/mol. The van der Waals surface area contributed by atoms with Crippen molar-refractivity contribution in [2.75, 3.05) is 6.26 Å². The van der Waals surface area contributed by atoms with Gasteiger partial charge in [0.1, 0.15) is 0 Å². The maximum absolute atomic E-state index is 10.9. The van der Waals surface area contributed by atoms with Crippen LogP contribution in [-0.2, 0) is 9.84 Å². The molecule has 0 aromatic rings. The van der Waals surface area contributed by atoms with Crippen LogP contribution in [-0.4, -0.2) is 31.9 Å². The zero-order valence-electron chi connectivity index (χ0n) is 9.22. The molecule has 2 N–H and O–H groups in total. The molecule has 0 bridgehead atoms. The van der Waals surface area contributed by atoms with E-state index in [2.05, 4.69) is 5.32 Å². The first-order valence-corrected chi connectivity index (χ1v) is 7.20. The maximum atomic E-state index is 10.9. The van der Waals surface area contributed by atoms with E-state index in [1.165, 1.54) is 11.7 Å². The van der Waals surface area contributed by atoms with Crippen LogP contribution in [0.25, 0.3) is 0 Å². The fourth-order valence-corrected chi connectivity index (χ4v) is 2.39. The second-order valence-corrected chi connectivity index (χ2v) is 6.15. The molecule has 16 heavy (non-hydrogen) atoms. The van der Waals surface area contributed by atoms with Gasteiger partial charge in [-0.05, 0) is 31.6 Å². The van der Waals surface area contributed by atoms with Gasteiger partial charge < -0.3 is 10.4 Å². The van der Waals surface area contributed by atoms with Crippen molar-refractivity contribution in [3.05, 3.63) is 11.5 Å². The molecule has 0 spiro atoms. The van der Waals surface area contributed by atoms with Crippen molar-refractivity contribution in [3.8, 4) is 0 Å². The molecule has 1 saturated carbocycles. The van der Waals surface area contributed by atoms with Gasteiger partial charge in [-0.15, -0.1) is 0 Å². The van der Waals surface area contributed by atoms with E-state index in [0.717, 1.165) is 25.7 Å². The minimum atomic E-state index is -3.05. The second kappa shape index (κ2) is 5.34. The lowest BCUT2D eigenvalue weighted by Gasteiger charge is -2.26. The Balaban J connectivity index is 2.38. The third kappa shape index (κ3) is 5.16. The van der Waals surface area contributed by atoms with Crippen LogP contribution in [0.5, 0.6) is 0 Å². The van der Waals surface area contributed by atoms with Gasteiger partial charge in [0.15, 0.2) is 9.84 Å². The predicted octanol–water partition coefficient (Wildman–Crippen LogP) is 1.37. The molecule has 1 rings (SSSR count). The molecule has 0 heterocycles. The Morgan fingerprint density at radius 3 is 2.31 bits per heavy atom. The molecule has 5 nitrogen and oxygen atoms in total. The highest BCUT2D eigenvalue weighted by Gasteiger charge is 2.20. The number of carbonyl (C=O) groups is 1. The van der Waals surface area contributed by atoms with Crippen LogP contribution in [0, 0.1) is 5.92 Å². The summed E-state index contributed by atoms with van der Waals surface area (Å²) in [5, 5.41) is 12.2. The number of sulfone groups is 1. The van der Waals surface area contributed by atoms with Gasteiger partial charge in [0.25, 0.3) is 0 Å². The summed E-state index contributed by atoms with van der Waals surface area (Å²) in [7, 11) is -3.05. The average Bonchev–Trinajstić information content (AvgIpc) is 2.14. The van der Waals surface area contributed by atoms with Crippen molar-refractivity contribution in [2.45, 2.75) is 31.7 Å². The number of allylic oxidation sites excluding steroid dienone is 1. The first kappa shape index (κ1) is 13.0. The normalized spacial score (nSPS) is 26.8. The van der Waals surface area contributed by atoms with Crippen LogP contribution in [0.2, 0.25) is 0 Å². The van der Waals surface area contributed by atoms with Gasteiger partial charge in [-0.2, -0.15) is 0 Å². The fourth-order valence-electron chi connectivity index (χ4n) is 1.88. The molecule has 1 aliphatic rings. The zero-order chi connectivity index (χ0) is 12.2. The topological polar surface area (TPSA) is 83.5 Å². The molecule has 6 heteroatoms. The van der Waals surface area contributed by atoms with Crippen LogP contribution in [0.4, 0.5) is 4.79 Å². The van der Waals surface area contributed by atoms with Crippen LogP contribution < -0.4 is 5.32 Å². The molecular weight excluding hydrogens is 230 g/mol. The number of hydrogen-bond acceptors (Lipinski definition) is 3. The molecule has 0 saturated heterocycles. The van der Waals surface area contributed by atoms with E-state index in [9.17, 15) is 13.2 Å². The van der Waals surface area contributed by atoms with Crippen LogP contribution in [0.1, 0.15) is 25.7 Å². The van der Waals surface area contributed by atoms with Crippen LogP contribution in [0.15, 0.2) is 11.5 Å². The number of amides is 1. The van der Waals surface area contributed by atoms with E-state index in [-0.39, 0.29) is 12.0 Å². The smallest absolute Gasteiger partial charge is 0.404 e. The standard InChI is InChI=1S/C10H17NO4S/c1-16(14,15)7-6-8-2-4-9(5-3-8)11-10(12)13/h6-9,11H,2-5H2,1H3,(H,12,13)/b7-6+/t8-,9-. The summed E-state index contributed by atoms with van der Waals surface area (Å²) in [6.07, 6.45) is 5.09. The van der Waals surface area contributed by atoms with Crippen molar-refractivity contribution in [2.24, 2.45) is 5.92 Å². The molecule has 1 fully saturated rings. The molecule has 92 valence electrons. The molecule has 0 aromatic heterocycles. The lowest BCUT2D eigenvalue weighted by Crippen LogP contribution is -2.36. The third-order valence-corrected chi connectivity index (χ3v) is 3.35. The number of hydrogen-bond donors (Lipinski definition) is 2. The van der Waals surface area contributed by atoms with Crippen molar-refractivity contribution >= 4 is 15.9 Å². The van der Waals surface area contributed by atoms with E-state index >= 15 is 0 Å². The summed E-state index contributed by atoms with van der Waals surface area (Å²) in [4.78, 5) is 10.4. The Hall–Kier alpha value is -1.04. The van der Waals surface area contributed by atoms with E-state index in [0.29, 0.717) is 0 Å². The minimum absolute atomic E-state index is 0.0142. The molecular formula is C10H17NO4S. The van der Waals surface area contributed by atoms with Gasteiger partial charge in [0.2, 0.25) is 0 Å². The van der Waals surface area contributed by atoms with Crippen LogP contribution >= 0.6 is 0 Å². The average molecular weight is 247 g/mol. The number of nitrogens with one attached hydrogen (secondary N) is 1. The minimum Gasteiger partial charge on any atom is -0.465 e. The van der Waals surface area contributed by atoms with Gasteiger partial charge in [0, 0.05) is 17.7 Å². The van der Waals surface area contributed by atoms with Gasteiger partial charge in [-0.25, -0.2) is 13.2 Å². The predicted molar refractivity (Wildman–Crippen MR) is 60.9 cm³/mol. The van der Waals surface area contributed by atoms with E-state index in [1.807, 2.05) is 0 Å². The molecule has 1 aliphatic carbocycles. The molecule has 0 radical (unpaired) electrons. The summed E-state index contributed by atoms with van der Waals surface area (Å²) in [5.74, 6) is 0.251. The van der Waals surface area contributed by atoms with Crippen molar-refractivity contribution in [1.29, 1.82) is 0 Å². The van der Waals surface area contributed by atoms with Gasteiger partial charge in [-0.3, -0.25) is 0 Å². The Morgan fingerprint density at radius 1 is 1.31 bits per heavy atom. The van der Waals surface area contributed by atoms with Crippen molar-refractivity contribution in [3.63, 3.8) is 0 Å². The highest BCUT2D eigenvalue weighted by atomic mass is 32.2. The van der Waals surface area contributed by atoms with Crippen molar-refractivity contribution in [1.82, 2.24) is 5.32 Å². The summed E-state index contributed by atoms with van der Waals surface area (Å²) >= 11 is 0. The first-order chi connectivity index (χ1) is 7.37. The quantitative estimate of drug-likeness (QED) is 0.789. The molecule has 0 aliphatic heterocycles. The zero-order valence-corrected chi connectivity index (χ0v) is 10.0. The molecule has 1 amide bonds. The Morgan fingerprint density at radius 2 is 1.88 bits per heavy atom. The highest BCUT2D eigenvalue weighted by molar-refractivity contribution is 7.93.